The lowest BCUT2D eigenvalue weighted by Crippen LogP contribution is -2.46. The van der Waals surface area contributed by atoms with Crippen LogP contribution in [0.4, 0.5) is 0 Å². The summed E-state index contributed by atoms with van der Waals surface area (Å²) in [6.07, 6.45) is 2.62. The minimum atomic E-state index is -0.157. The van der Waals surface area contributed by atoms with Crippen LogP contribution < -0.4 is 5.73 Å². The van der Waals surface area contributed by atoms with Gasteiger partial charge in [0, 0.05) is 18.8 Å². The first-order valence-electron chi connectivity index (χ1n) is 5.40. The summed E-state index contributed by atoms with van der Waals surface area (Å²) < 4.78 is 5.32. The van der Waals surface area contributed by atoms with Crippen LogP contribution in [0, 0.1) is 0 Å². The predicted octanol–water partition coefficient (Wildman–Crippen LogP) is 3.04. The highest BCUT2D eigenvalue weighted by Crippen LogP contribution is 2.27. The maximum absolute atomic E-state index is 6.32. The molecule has 1 saturated heterocycles. The van der Waals surface area contributed by atoms with E-state index in [0.717, 1.165) is 38.0 Å². The summed E-state index contributed by atoms with van der Waals surface area (Å²) in [4.78, 5) is 0. The highest BCUT2D eigenvalue weighted by Gasteiger charge is 2.28. The van der Waals surface area contributed by atoms with Crippen LogP contribution >= 0.6 is 23.2 Å². The van der Waals surface area contributed by atoms with Crippen molar-refractivity contribution >= 4 is 23.2 Å². The van der Waals surface area contributed by atoms with E-state index in [1.165, 1.54) is 0 Å². The molecule has 2 nitrogen and oxygen atoms in total. The first-order valence-corrected chi connectivity index (χ1v) is 6.15. The molecule has 0 unspecified atom stereocenters. The van der Waals surface area contributed by atoms with E-state index in [2.05, 4.69) is 0 Å². The normalized spacial score (nSPS) is 19.7. The van der Waals surface area contributed by atoms with Crippen LogP contribution in [0.1, 0.15) is 18.4 Å². The monoisotopic (exact) mass is 259 g/mol. The Morgan fingerprint density at radius 2 is 1.88 bits per heavy atom. The summed E-state index contributed by atoms with van der Waals surface area (Å²) in [5.74, 6) is 0. The number of nitrogens with two attached hydrogens (primary N) is 1. The third-order valence-electron chi connectivity index (χ3n) is 3.03. The number of rotatable bonds is 2. The molecule has 4 heteroatoms. The second kappa shape index (κ2) is 4.92. The molecule has 1 fully saturated rings. The lowest BCUT2D eigenvalue weighted by atomic mass is 9.85. The molecule has 0 radical (unpaired) electrons. The van der Waals surface area contributed by atoms with Crippen LogP contribution in [0.2, 0.25) is 10.0 Å². The van der Waals surface area contributed by atoms with Crippen LogP contribution in [0.15, 0.2) is 18.2 Å². The Morgan fingerprint density at radius 1 is 1.19 bits per heavy atom. The van der Waals surface area contributed by atoms with Crippen LogP contribution in [-0.4, -0.2) is 18.8 Å². The summed E-state index contributed by atoms with van der Waals surface area (Å²) in [7, 11) is 0. The van der Waals surface area contributed by atoms with Gasteiger partial charge in [0.05, 0.1) is 10.0 Å². The van der Waals surface area contributed by atoms with Crippen molar-refractivity contribution in [1.29, 1.82) is 0 Å². The zero-order valence-electron chi connectivity index (χ0n) is 9.01. The van der Waals surface area contributed by atoms with E-state index in [-0.39, 0.29) is 5.54 Å². The van der Waals surface area contributed by atoms with E-state index >= 15 is 0 Å². The van der Waals surface area contributed by atoms with Gasteiger partial charge in [0.25, 0.3) is 0 Å². The molecule has 1 aliphatic heterocycles. The van der Waals surface area contributed by atoms with Crippen molar-refractivity contribution < 1.29 is 4.74 Å². The molecular formula is C12H15Cl2NO. The third kappa shape index (κ3) is 2.89. The van der Waals surface area contributed by atoms with Gasteiger partial charge in [0.1, 0.15) is 0 Å². The predicted molar refractivity (Wildman–Crippen MR) is 67.1 cm³/mol. The summed E-state index contributed by atoms with van der Waals surface area (Å²) in [6.45, 7) is 1.50. The molecule has 1 heterocycles. The molecule has 2 rings (SSSR count). The van der Waals surface area contributed by atoms with Crippen molar-refractivity contribution in [2.45, 2.75) is 24.8 Å². The Hall–Kier alpha value is -0.280. The van der Waals surface area contributed by atoms with Crippen molar-refractivity contribution in [3.05, 3.63) is 33.8 Å². The number of halogens is 2. The van der Waals surface area contributed by atoms with Gasteiger partial charge < -0.3 is 10.5 Å². The summed E-state index contributed by atoms with van der Waals surface area (Å²) in [5, 5.41) is 1.18. The Labute approximate surface area is 106 Å². The Kier molecular flexibility index (Phi) is 3.75. The van der Waals surface area contributed by atoms with Gasteiger partial charge in [0.2, 0.25) is 0 Å². The molecule has 1 aliphatic rings. The van der Waals surface area contributed by atoms with Gasteiger partial charge in [-0.15, -0.1) is 0 Å². The quantitative estimate of drug-likeness (QED) is 0.887. The third-order valence-corrected chi connectivity index (χ3v) is 3.77. The lowest BCUT2D eigenvalue weighted by molar-refractivity contribution is 0.0533. The second-order valence-corrected chi connectivity index (χ2v) is 5.21. The largest absolute Gasteiger partial charge is 0.381 e. The summed E-state index contributed by atoms with van der Waals surface area (Å²) >= 11 is 11.9. The summed E-state index contributed by atoms with van der Waals surface area (Å²) in [5.41, 5.74) is 7.30. The Morgan fingerprint density at radius 3 is 2.50 bits per heavy atom. The lowest BCUT2D eigenvalue weighted by Gasteiger charge is -2.33. The number of hydrogen-bond donors (Lipinski definition) is 1. The van der Waals surface area contributed by atoms with E-state index in [4.69, 9.17) is 33.7 Å². The standard InChI is InChI=1S/C12H15Cl2NO/c13-10-2-1-9(7-11(10)14)8-12(15)3-5-16-6-4-12/h1-2,7H,3-6,8,15H2. The fraction of sp³-hybridized carbons (Fsp3) is 0.500. The highest BCUT2D eigenvalue weighted by atomic mass is 35.5. The molecule has 0 saturated carbocycles. The molecule has 16 heavy (non-hydrogen) atoms. The molecule has 1 aromatic rings. The van der Waals surface area contributed by atoms with Crippen molar-refractivity contribution in [3.63, 3.8) is 0 Å². The van der Waals surface area contributed by atoms with E-state index in [1.807, 2.05) is 18.2 Å². The zero-order chi connectivity index (χ0) is 11.6. The van der Waals surface area contributed by atoms with Gasteiger partial charge >= 0.3 is 0 Å². The van der Waals surface area contributed by atoms with Gasteiger partial charge in [0.15, 0.2) is 0 Å². The molecule has 1 aromatic carbocycles. The molecule has 0 amide bonds. The van der Waals surface area contributed by atoms with Crippen molar-refractivity contribution in [2.24, 2.45) is 5.73 Å². The second-order valence-electron chi connectivity index (χ2n) is 4.40. The Bertz CT molecular complexity index is 375. The molecule has 0 aromatic heterocycles. The summed E-state index contributed by atoms with van der Waals surface area (Å²) in [6, 6.07) is 5.70. The minimum absolute atomic E-state index is 0.157. The maximum Gasteiger partial charge on any atom is 0.0595 e. The fourth-order valence-corrected chi connectivity index (χ4v) is 2.33. The first kappa shape index (κ1) is 12.2. The minimum Gasteiger partial charge on any atom is -0.381 e. The molecule has 2 N–H and O–H groups in total. The molecular weight excluding hydrogens is 245 g/mol. The van der Waals surface area contributed by atoms with Gasteiger partial charge in [-0.3, -0.25) is 0 Å². The van der Waals surface area contributed by atoms with Gasteiger partial charge in [-0.05, 0) is 37.0 Å². The first-order chi connectivity index (χ1) is 7.59. The average molecular weight is 260 g/mol. The number of hydrogen-bond acceptors (Lipinski definition) is 2. The Balaban J connectivity index is 2.10. The molecule has 0 atom stereocenters. The average Bonchev–Trinajstić information content (AvgIpc) is 2.24. The van der Waals surface area contributed by atoms with E-state index in [1.54, 1.807) is 0 Å². The van der Waals surface area contributed by atoms with Crippen molar-refractivity contribution in [2.75, 3.05) is 13.2 Å². The number of benzene rings is 1. The van der Waals surface area contributed by atoms with Gasteiger partial charge in [-0.1, -0.05) is 29.3 Å². The zero-order valence-corrected chi connectivity index (χ0v) is 10.5. The van der Waals surface area contributed by atoms with E-state index in [9.17, 15) is 0 Å². The van der Waals surface area contributed by atoms with Crippen LogP contribution in [0.25, 0.3) is 0 Å². The number of ether oxygens (including phenoxy) is 1. The maximum atomic E-state index is 6.32. The molecule has 88 valence electrons. The highest BCUT2D eigenvalue weighted by molar-refractivity contribution is 6.42. The van der Waals surface area contributed by atoms with E-state index < -0.39 is 0 Å². The van der Waals surface area contributed by atoms with Crippen LogP contribution in [-0.2, 0) is 11.2 Å². The molecule has 0 spiro atoms. The topological polar surface area (TPSA) is 35.2 Å². The van der Waals surface area contributed by atoms with Crippen molar-refractivity contribution in [3.8, 4) is 0 Å². The fourth-order valence-electron chi connectivity index (χ4n) is 2.01. The van der Waals surface area contributed by atoms with Crippen LogP contribution in [0.5, 0.6) is 0 Å². The van der Waals surface area contributed by atoms with Crippen molar-refractivity contribution in [1.82, 2.24) is 0 Å². The van der Waals surface area contributed by atoms with Gasteiger partial charge in [-0.2, -0.15) is 0 Å². The SMILES string of the molecule is NC1(Cc2ccc(Cl)c(Cl)c2)CCOCC1. The van der Waals surface area contributed by atoms with E-state index in [0.29, 0.717) is 10.0 Å². The van der Waals surface area contributed by atoms with Crippen LogP contribution in [0.3, 0.4) is 0 Å². The van der Waals surface area contributed by atoms with Gasteiger partial charge in [-0.25, -0.2) is 0 Å². The molecule has 0 aliphatic carbocycles. The molecule has 0 bridgehead atoms. The smallest absolute Gasteiger partial charge is 0.0595 e.